The second-order valence-corrected chi connectivity index (χ2v) is 11.6. The van der Waals surface area contributed by atoms with Gasteiger partial charge in [0.2, 0.25) is 5.95 Å². The van der Waals surface area contributed by atoms with E-state index in [0.717, 1.165) is 5.69 Å². The smallest absolute Gasteiger partial charge is 0.229 e. The van der Waals surface area contributed by atoms with E-state index in [4.69, 9.17) is 32.5 Å². The molecule has 0 saturated heterocycles. The van der Waals surface area contributed by atoms with Crippen LogP contribution in [0, 0.1) is 6.92 Å². The Morgan fingerprint density at radius 2 is 1.76 bits per heavy atom. The second-order valence-electron chi connectivity index (χ2n) is 8.81. The van der Waals surface area contributed by atoms with Crippen molar-refractivity contribution in [2.45, 2.75) is 50.9 Å². The Balaban J connectivity index is 1.70. The first kappa shape index (κ1) is 26.9. The number of anilines is 4. The lowest BCUT2D eigenvalue weighted by Gasteiger charge is -2.18. The number of benzene rings is 2. The summed E-state index contributed by atoms with van der Waals surface area (Å²) >= 11 is 13.0. The molecule has 37 heavy (non-hydrogen) atoms. The van der Waals surface area contributed by atoms with E-state index in [2.05, 4.69) is 25.8 Å². The Labute approximate surface area is 228 Å². The van der Waals surface area contributed by atoms with Crippen LogP contribution in [0.5, 0.6) is 5.75 Å². The fourth-order valence-corrected chi connectivity index (χ4v) is 4.89. The number of halogens is 2. The molecule has 2 heterocycles. The van der Waals surface area contributed by atoms with Gasteiger partial charge < -0.3 is 19.9 Å². The molecule has 2 aromatic heterocycles. The molecule has 0 saturated carbocycles. The number of hydrogen-bond donors (Lipinski definition) is 2. The van der Waals surface area contributed by atoms with Crippen LogP contribution in [-0.4, -0.2) is 30.7 Å². The van der Waals surface area contributed by atoms with E-state index in [1.54, 1.807) is 18.2 Å². The summed E-state index contributed by atoms with van der Waals surface area (Å²) in [5, 5.41) is 11.1. The van der Waals surface area contributed by atoms with Gasteiger partial charge in [0.25, 0.3) is 0 Å². The third-order valence-electron chi connectivity index (χ3n) is 5.10. The fraction of sp³-hybridized carbons (Fsp3) is 0.269. The third kappa shape index (κ3) is 6.41. The van der Waals surface area contributed by atoms with Crippen molar-refractivity contribution in [2.75, 3.05) is 10.6 Å². The molecule has 0 fully saturated rings. The lowest BCUT2D eigenvalue weighted by Crippen LogP contribution is -2.10. The molecule has 2 aromatic carbocycles. The van der Waals surface area contributed by atoms with E-state index in [9.17, 15) is 4.21 Å². The van der Waals surface area contributed by atoms with Crippen molar-refractivity contribution in [3.63, 3.8) is 0 Å². The normalized spacial score (nSPS) is 12.1. The first-order chi connectivity index (χ1) is 17.6. The van der Waals surface area contributed by atoms with Crippen LogP contribution in [0.3, 0.4) is 0 Å². The van der Waals surface area contributed by atoms with E-state index in [0.29, 0.717) is 49.2 Å². The highest BCUT2D eigenvalue weighted by Gasteiger charge is 2.18. The molecule has 1 unspecified atom stereocenters. The summed E-state index contributed by atoms with van der Waals surface area (Å²) in [6.07, 6.45) is 1.39. The molecule has 4 aromatic rings. The molecule has 4 rings (SSSR count). The van der Waals surface area contributed by atoms with Crippen molar-refractivity contribution >= 4 is 57.1 Å². The van der Waals surface area contributed by atoms with Gasteiger partial charge in [-0.1, -0.05) is 54.3 Å². The van der Waals surface area contributed by atoms with Gasteiger partial charge in [0.05, 0.1) is 50.1 Å². The zero-order valence-corrected chi connectivity index (χ0v) is 23.3. The molecule has 0 aliphatic heterocycles. The molecule has 8 nitrogen and oxygen atoms in total. The van der Waals surface area contributed by atoms with Crippen LogP contribution in [0.25, 0.3) is 11.3 Å². The van der Waals surface area contributed by atoms with Crippen LogP contribution in [0.1, 0.15) is 33.4 Å². The lowest BCUT2D eigenvalue weighted by atomic mass is 10.1. The lowest BCUT2D eigenvalue weighted by molar-refractivity contribution is 0.244. The maximum absolute atomic E-state index is 12.8. The summed E-state index contributed by atoms with van der Waals surface area (Å²) in [5.41, 5.74) is 2.60. The number of nitrogens with one attached hydrogen (secondary N) is 2. The minimum Gasteiger partial charge on any atom is -0.489 e. The standard InChI is InChI=1S/C26H27Cl2N5O3S/c1-14(2)35-23-12-18(27)17(22-10-16(5)33-36-22)11-21(23)31-26-29-13-19(28)25(32-26)30-20-8-6-7-9-24(20)37(34)15(3)4/h6-15H,1-5H3,(H2,29,30,31,32). The molecule has 11 heteroatoms. The summed E-state index contributed by atoms with van der Waals surface area (Å²) in [4.78, 5) is 9.57. The molecule has 0 amide bonds. The van der Waals surface area contributed by atoms with Crippen LogP contribution in [-0.2, 0) is 10.8 Å². The molecule has 194 valence electrons. The molecule has 0 radical (unpaired) electrons. The maximum Gasteiger partial charge on any atom is 0.229 e. The minimum absolute atomic E-state index is 0.0484. The van der Waals surface area contributed by atoms with Gasteiger partial charge in [-0.25, -0.2) is 4.98 Å². The number of hydrogen-bond acceptors (Lipinski definition) is 8. The van der Waals surface area contributed by atoms with Gasteiger partial charge >= 0.3 is 0 Å². The third-order valence-corrected chi connectivity index (χ3v) is 7.34. The second kappa shape index (κ2) is 11.5. The molecular formula is C26H27Cl2N5O3S. The number of aromatic nitrogens is 3. The molecular weight excluding hydrogens is 533 g/mol. The monoisotopic (exact) mass is 559 g/mol. The minimum atomic E-state index is -1.20. The van der Waals surface area contributed by atoms with E-state index < -0.39 is 10.8 Å². The van der Waals surface area contributed by atoms with Crippen LogP contribution in [0.2, 0.25) is 10.0 Å². The van der Waals surface area contributed by atoms with Crippen LogP contribution < -0.4 is 15.4 Å². The highest BCUT2D eigenvalue weighted by Crippen LogP contribution is 2.39. The quantitative estimate of drug-likeness (QED) is 0.217. The van der Waals surface area contributed by atoms with Gasteiger partial charge in [-0.3, -0.25) is 4.21 Å². The van der Waals surface area contributed by atoms with Crippen LogP contribution in [0.15, 0.2) is 58.1 Å². The van der Waals surface area contributed by atoms with E-state index in [1.807, 2.05) is 58.9 Å². The van der Waals surface area contributed by atoms with Gasteiger partial charge in [0.15, 0.2) is 11.6 Å². The van der Waals surface area contributed by atoms with Crippen molar-refractivity contribution in [1.82, 2.24) is 15.1 Å². The molecule has 2 N–H and O–H groups in total. The van der Waals surface area contributed by atoms with Gasteiger partial charge in [-0.15, -0.1) is 0 Å². The highest BCUT2D eigenvalue weighted by atomic mass is 35.5. The number of nitrogens with zero attached hydrogens (tertiary/aromatic N) is 3. The number of rotatable bonds is 9. The van der Waals surface area contributed by atoms with Gasteiger partial charge in [0, 0.05) is 22.9 Å². The SMILES string of the molecule is Cc1cc(-c2cc(Nc3ncc(Cl)c(Nc4ccccc4S(=O)C(C)C)n3)c(OC(C)C)cc2Cl)on1. The fourth-order valence-electron chi connectivity index (χ4n) is 3.45. The van der Waals surface area contributed by atoms with Crippen molar-refractivity contribution < 1.29 is 13.5 Å². The zero-order valence-electron chi connectivity index (χ0n) is 21.0. The van der Waals surface area contributed by atoms with Gasteiger partial charge in [-0.05, 0) is 39.0 Å². The largest absolute Gasteiger partial charge is 0.489 e. The van der Waals surface area contributed by atoms with Crippen molar-refractivity contribution in [2.24, 2.45) is 0 Å². The summed E-state index contributed by atoms with van der Waals surface area (Å²) in [6.45, 7) is 9.49. The Morgan fingerprint density at radius 3 is 2.43 bits per heavy atom. The molecule has 0 aliphatic rings. The topological polar surface area (TPSA) is 102 Å². The Morgan fingerprint density at radius 1 is 1.00 bits per heavy atom. The van der Waals surface area contributed by atoms with E-state index in [-0.39, 0.29) is 17.3 Å². The summed E-state index contributed by atoms with van der Waals surface area (Å²) < 4.78 is 24.2. The number of ether oxygens (including phenoxy) is 1. The Bertz CT molecular complexity index is 1440. The Kier molecular flexibility index (Phi) is 8.36. The average Bonchev–Trinajstić information content (AvgIpc) is 3.28. The van der Waals surface area contributed by atoms with Crippen LogP contribution >= 0.6 is 23.2 Å². The average molecular weight is 561 g/mol. The number of aryl methyl sites for hydroxylation is 1. The molecule has 1 atom stereocenters. The predicted molar refractivity (Wildman–Crippen MR) is 149 cm³/mol. The zero-order chi connectivity index (χ0) is 26.7. The summed E-state index contributed by atoms with van der Waals surface area (Å²) in [6, 6.07) is 12.7. The Hall–Kier alpha value is -3.14. The van der Waals surface area contributed by atoms with Crippen molar-refractivity contribution in [3.8, 4) is 17.1 Å². The molecule has 0 spiro atoms. The molecule has 0 aliphatic carbocycles. The molecule has 0 bridgehead atoms. The van der Waals surface area contributed by atoms with Crippen molar-refractivity contribution in [1.29, 1.82) is 0 Å². The highest BCUT2D eigenvalue weighted by molar-refractivity contribution is 7.85. The first-order valence-electron chi connectivity index (χ1n) is 11.6. The number of para-hydroxylation sites is 1. The predicted octanol–water partition coefficient (Wildman–Crippen LogP) is 7.54. The first-order valence-corrected chi connectivity index (χ1v) is 13.6. The maximum atomic E-state index is 12.8. The van der Waals surface area contributed by atoms with Gasteiger partial charge in [0.1, 0.15) is 10.8 Å². The van der Waals surface area contributed by atoms with Gasteiger partial charge in [-0.2, -0.15) is 4.98 Å². The van der Waals surface area contributed by atoms with Crippen LogP contribution in [0.4, 0.5) is 23.1 Å². The summed E-state index contributed by atoms with van der Waals surface area (Å²) in [5.74, 6) is 1.67. The summed E-state index contributed by atoms with van der Waals surface area (Å²) in [7, 11) is -1.20. The van der Waals surface area contributed by atoms with Crippen molar-refractivity contribution in [3.05, 3.63) is 64.4 Å². The van der Waals surface area contributed by atoms with E-state index in [1.165, 1.54) is 6.20 Å². The van der Waals surface area contributed by atoms with E-state index >= 15 is 0 Å².